The molecule has 4 N–H and O–H groups in total. The van der Waals surface area contributed by atoms with Gasteiger partial charge in [0.2, 0.25) is 5.95 Å². The molecular formula is C13H22N6O. The molecule has 2 aromatic heterocycles. The van der Waals surface area contributed by atoms with Crippen molar-refractivity contribution in [3.8, 4) is 0 Å². The van der Waals surface area contributed by atoms with Crippen LogP contribution in [-0.4, -0.2) is 44.7 Å². The van der Waals surface area contributed by atoms with Gasteiger partial charge in [-0.3, -0.25) is 0 Å². The number of rotatable bonds is 8. The number of aromatic nitrogens is 4. The third kappa shape index (κ3) is 3.57. The zero-order valence-electron chi connectivity index (χ0n) is 12.0. The fourth-order valence-corrected chi connectivity index (χ4v) is 1.87. The Morgan fingerprint density at radius 1 is 1.35 bits per heavy atom. The van der Waals surface area contributed by atoms with Crippen LogP contribution in [0.2, 0.25) is 0 Å². The van der Waals surface area contributed by atoms with Gasteiger partial charge in [-0.1, -0.05) is 13.8 Å². The lowest BCUT2D eigenvalue weighted by Crippen LogP contribution is -2.15. The van der Waals surface area contributed by atoms with Crippen molar-refractivity contribution < 1.29 is 5.11 Å². The standard InChI is InChI=1S/C13H22N6O/c1-3-5-14-13-18-11(15-7-9(2)4-6-20)10-12(19-13)17-8-16-10/h8-9,20H,3-7H2,1-2H3,(H3,14,15,16,17,18,19). The van der Waals surface area contributed by atoms with Crippen LogP contribution in [0, 0.1) is 5.92 Å². The van der Waals surface area contributed by atoms with Gasteiger partial charge in [-0.15, -0.1) is 0 Å². The molecule has 0 amide bonds. The zero-order valence-corrected chi connectivity index (χ0v) is 12.0. The second-order valence-corrected chi connectivity index (χ2v) is 4.92. The van der Waals surface area contributed by atoms with Crippen molar-refractivity contribution in [2.24, 2.45) is 5.92 Å². The molecule has 7 heteroatoms. The van der Waals surface area contributed by atoms with Crippen LogP contribution in [0.4, 0.5) is 11.8 Å². The Hall–Kier alpha value is -1.89. The first kappa shape index (κ1) is 14.5. The number of H-pyrrole nitrogens is 1. The van der Waals surface area contributed by atoms with Gasteiger partial charge in [-0.25, -0.2) is 4.98 Å². The van der Waals surface area contributed by atoms with Gasteiger partial charge >= 0.3 is 0 Å². The van der Waals surface area contributed by atoms with Crippen molar-refractivity contribution >= 4 is 22.9 Å². The summed E-state index contributed by atoms with van der Waals surface area (Å²) in [4.78, 5) is 16.1. The van der Waals surface area contributed by atoms with Gasteiger partial charge in [0.25, 0.3) is 0 Å². The van der Waals surface area contributed by atoms with E-state index in [4.69, 9.17) is 5.11 Å². The van der Waals surface area contributed by atoms with E-state index in [0.717, 1.165) is 37.3 Å². The number of hydrogen-bond acceptors (Lipinski definition) is 6. The van der Waals surface area contributed by atoms with E-state index in [1.807, 2.05) is 0 Å². The van der Waals surface area contributed by atoms with Gasteiger partial charge in [-0.05, 0) is 18.8 Å². The highest BCUT2D eigenvalue weighted by molar-refractivity contribution is 5.83. The van der Waals surface area contributed by atoms with Crippen LogP contribution in [-0.2, 0) is 0 Å². The average molecular weight is 278 g/mol. The number of aliphatic hydroxyl groups is 1. The summed E-state index contributed by atoms with van der Waals surface area (Å²) < 4.78 is 0. The number of hydrogen-bond donors (Lipinski definition) is 4. The Kier molecular flexibility index (Phi) is 5.11. The highest BCUT2D eigenvalue weighted by Gasteiger charge is 2.10. The lowest BCUT2D eigenvalue weighted by atomic mass is 10.1. The molecule has 0 saturated carbocycles. The first-order chi connectivity index (χ1) is 9.74. The minimum absolute atomic E-state index is 0.204. The SMILES string of the molecule is CCCNc1nc(NCC(C)CCO)c2[nH]cnc2n1. The number of nitrogens with one attached hydrogen (secondary N) is 3. The fraction of sp³-hybridized carbons (Fsp3) is 0.615. The molecule has 0 aliphatic heterocycles. The van der Waals surface area contributed by atoms with Gasteiger partial charge in [0.15, 0.2) is 11.5 Å². The van der Waals surface area contributed by atoms with Gasteiger partial charge in [0, 0.05) is 19.7 Å². The Labute approximate surface area is 118 Å². The van der Waals surface area contributed by atoms with Crippen LogP contribution in [0.1, 0.15) is 26.7 Å². The zero-order chi connectivity index (χ0) is 14.4. The number of aromatic amines is 1. The summed E-state index contributed by atoms with van der Waals surface area (Å²) >= 11 is 0. The molecule has 1 atom stereocenters. The molecule has 0 saturated heterocycles. The molecule has 1 unspecified atom stereocenters. The summed E-state index contributed by atoms with van der Waals surface area (Å²) in [7, 11) is 0. The van der Waals surface area contributed by atoms with Crippen LogP contribution in [0.3, 0.4) is 0 Å². The summed E-state index contributed by atoms with van der Waals surface area (Å²) in [6.07, 6.45) is 3.40. The maximum Gasteiger partial charge on any atom is 0.226 e. The molecule has 7 nitrogen and oxygen atoms in total. The van der Waals surface area contributed by atoms with E-state index in [1.54, 1.807) is 6.33 Å². The molecule has 2 heterocycles. The Morgan fingerprint density at radius 2 is 2.20 bits per heavy atom. The van der Waals surface area contributed by atoms with E-state index in [2.05, 4.69) is 44.4 Å². The van der Waals surface area contributed by atoms with Crippen molar-refractivity contribution in [3.05, 3.63) is 6.33 Å². The van der Waals surface area contributed by atoms with Crippen molar-refractivity contribution in [2.45, 2.75) is 26.7 Å². The normalized spacial score (nSPS) is 12.6. The summed E-state index contributed by atoms with van der Waals surface area (Å²) in [6.45, 7) is 5.96. The van der Waals surface area contributed by atoms with Gasteiger partial charge in [0.05, 0.1) is 6.33 Å². The van der Waals surface area contributed by atoms with Crippen molar-refractivity contribution in [2.75, 3.05) is 30.3 Å². The van der Waals surface area contributed by atoms with Gasteiger partial charge < -0.3 is 20.7 Å². The van der Waals surface area contributed by atoms with Gasteiger partial charge in [-0.2, -0.15) is 9.97 Å². The molecule has 0 fully saturated rings. The number of nitrogens with zero attached hydrogens (tertiary/aromatic N) is 3. The number of anilines is 2. The van der Waals surface area contributed by atoms with E-state index < -0.39 is 0 Å². The van der Waals surface area contributed by atoms with E-state index in [9.17, 15) is 0 Å². The van der Waals surface area contributed by atoms with Crippen LogP contribution < -0.4 is 10.6 Å². The third-order valence-corrected chi connectivity index (χ3v) is 3.06. The molecule has 0 spiro atoms. The van der Waals surface area contributed by atoms with E-state index in [-0.39, 0.29) is 6.61 Å². The average Bonchev–Trinajstić information content (AvgIpc) is 2.91. The second-order valence-electron chi connectivity index (χ2n) is 4.92. The third-order valence-electron chi connectivity index (χ3n) is 3.06. The Morgan fingerprint density at radius 3 is 2.95 bits per heavy atom. The summed E-state index contributed by atoms with van der Waals surface area (Å²) in [5, 5.41) is 15.4. The highest BCUT2D eigenvalue weighted by atomic mass is 16.3. The summed E-state index contributed by atoms with van der Waals surface area (Å²) in [6, 6.07) is 0. The minimum atomic E-state index is 0.204. The van der Waals surface area contributed by atoms with E-state index in [0.29, 0.717) is 17.5 Å². The molecular weight excluding hydrogens is 256 g/mol. The molecule has 0 radical (unpaired) electrons. The smallest absolute Gasteiger partial charge is 0.226 e. The number of imidazole rings is 1. The van der Waals surface area contributed by atoms with Crippen LogP contribution in [0.25, 0.3) is 11.2 Å². The minimum Gasteiger partial charge on any atom is -0.396 e. The first-order valence-electron chi connectivity index (χ1n) is 7.04. The van der Waals surface area contributed by atoms with Crippen LogP contribution >= 0.6 is 0 Å². The molecule has 110 valence electrons. The lowest BCUT2D eigenvalue weighted by Gasteiger charge is -2.13. The lowest BCUT2D eigenvalue weighted by molar-refractivity contribution is 0.266. The van der Waals surface area contributed by atoms with E-state index in [1.165, 1.54) is 0 Å². The molecule has 0 aliphatic rings. The highest BCUT2D eigenvalue weighted by Crippen LogP contribution is 2.19. The second kappa shape index (κ2) is 7.04. The van der Waals surface area contributed by atoms with Crippen LogP contribution in [0.15, 0.2) is 6.33 Å². The Bertz CT molecular complexity index is 541. The topological polar surface area (TPSA) is 98.8 Å². The maximum atomic E-state index is 8.93. The molecule has 2 rings (SSSR count). The molecule has 0 aromatic carbocycles. The molecule has 0 bridgehead atoms. The number of aliphatic hydroxyl groups excluding tert-OH is 1. The van der Waals surface area contributed by atoms with Crippen molar-refractivity contribution in [1.82, 2.24) is 19.9 Å². The number of fused-ring (bicyclic) bond motifs is 1. The summed E-state index contributed by atoms with van der Waals surface area (Å²) in [5.41, 5.74) is 1.46. The summed E-state index contributed by atoms with van der Waals surface area (Å²) in [5.74, 6) is 1.71. The maximum absolute atomic E-state index is 8.93. The predicted molar refractivity (Wildman–Crippen MR) is 79.8 cm³/mol. The first-order valence-corrected chi connectivity index (χ1v) is 7.04. The largest absolute Gasteiger partial charge is 0.396 e. The molecule has 2 aromatic rings. The van der Waals surface area contributed by atoms with Crippen molar-refractivity contribution in [1.29, 1.82) is 0 Å². The molecule has 20 heavy (non-hydrogen) atoms. The monoisotopic (exact) mass is 278 g/mol. The fourth-order valence-electron chi connectivity index (χ4n) is 1.87. The molecule has 0 aliphatic carbocycles. The van der Waals surface area contributed by atoms with E-state index >= 15 is 0 Å². The van der Waals surface area contributed by atoms with Crippen molar-refractivity contribution in [3.63, 3.8) is 0 Å². The quantitative estimate of drug-likeness (QED) is 0.585. The Balaban J connectivity index is 2.14. The van der Waals surface area contributed by atoms with Gasteiger partial charge in [0.1, 0.15) is 5.52 Å². The predicted octanol–water partition coefficient (Wildman–Crippen LogP) is 1.61. The van der Waals surface area contributed by atoms with Crippen LogP contribution in [0.5, 0.6) is 0 Å².